The van der Waals surface area contributed by atoms with Crippen LogP contribution in [0.25, 0.3) is 11.1 Å². The minimum Gasteiger partial charge on any atom is -0.467 e. The number of alkyl halides is 2. The molecule has 0 radical (unpaired) electrons. The van der Waals surface area contributed by atoms with E-state index < -0.39 is 29.9 Å². The van der Waals surface area contributed by atoms with Crippen molar-refractivity contribution in [2.75, 3.05) is 7.11 Å². The lowest BCUT2D eigenvalue weighted by molar-refractivity contribution is -0.160. The van der Waals surface area contributed by atoms with E-state index in [-0.39, 0.29) is 5.56 Å². The van der Waals surface area contributed by atoms with Crippen molar-refractivity contribution in [3.63, 3.8) is 0 Å². The predicted molar refractivity (Wildman–Crippen MR) is 91.8 cm³/mol. The summed E-state index contributed by atoms with van der Waals surface area (Å²) < 4.78 is 30.5. The molecule has 2 aromatic carbocycles. The third-order valence-corrected chi connectivity index (χ3v) is 3.99. The van der Waals surface area contributed by atoms with E-state index in [0.29, 0.717) is 0 Å². The summed E-state index contributed by atoms with van der Waals surface area (Å²) in [5, 5.41) is 12.0. The van der Waals surface area contributed by atoms with Gasteiger partial charge in [0.25, 0.3) is 12.3 Å². The molecule has 138 valence electrons. The number of benzene rings is 2. The molecule has 0 aliphatic rings. The zero-order valence-electron chi connectivity index (χ0n) is 14.3. The number of carbonyl (C=O) groups is 2. The monoisotopic (exact) mass is 363 g/mol. The Morgan fingerprint density at radius 2 is 1.58 bits per heavy atom. The van der Waals surface area contributed by atoms with Gasteiger partial charge in [-0.05, 0) is 30.2 Å². The molecular weight excluding hydrogens is 344 g/mol. The maximum atomic E-state index is 13.0. The summed E-state index contributed by atoms with van der Waals surface area (Å²) in [6.45, 7) is 0.762. The van der Waals surface area contributed by atoms with Gasteiger partial charge in [0.15, 0.2) is 11.6 Å². The summed E-state index contributed by atoms with van der Waals surface area (Å²) in [6.07, 6.45) is -3.26. The molecule has 2 N–H and O–H groups in total. The molecule has 0 aliphatic carbocycles. The number of hydrogen-bond acceptors (Lipinski definition) is 4. The fourth-order valence-corrected chi connectivity index (χ4v) is 2.35. The van der Waals surface area contributed by atoms with E-state index in [2.05, 4.69) is 10.1 Å². The van der Waals surface area contributed by atoms with E-state index in [1.165, 1.54) is 12.1 Å². The van der Waals surface area contributed by atoms with Crippen LogP contribution in [-0.4, -0.2) is 42.2 Å². The largest absolute Gasteiger partial charge is 0.467 e. The molecule has 1 amide bonds. The minimum atomic E-state index is -3.26. The molecular formula is C19H19F2NO4. The normalized spacial score (nSPS) is 14.4. The lowest BCUT2D eigenvalue weighted by Gasteiger charge is -2.30. The van der Waals surface area contributed by atoms with Crippen molar-refractivity contribution in [3.05, 3.63) is 60.2 Å². The highest BCUT2D eigenvalue weighted by atomic mass is 19.3. The number of amides is 1. The SMILES string of the molecule is COC(=O)[C@@H](NC(=O)c1ccc(-c2ccccc2)cc1)C(C)(O)C(F)F. The number of nitrogens with one attached hydrogen (secondary N) is 1. The first kappa shape index (κ1) is 19.5. The summed E-state index contributed by atoms with van der Waals surface area (Å²) in [5.41, 5.74) is -0.797. The number of carbonyl (C=O) groups excluding carboxylic acids is 2. The molecule has 0 spiro atoms. The van der Waals surface area contributed by atoms with E-state index in [0.717, 1.165) is 25.2 Å². The van der Waals surface area contributed by atoms with Crippen molar-refractivity contribution >= 4 is 11.9 Å². The lowest BCUT2D eigenvalue weighted by Crippen LogP contribution is -2.59. The molecule has 1 unspecified atom stereocenters. The number of halogens is 2. The summed E-state index contributed by atoms with van der Waals surface area (Å²) in [4.78, 5) is 24.1. The van der Waals surface area contributed by atoms with E-state index in [1.807, 2.05) is 30.3 Å². The fraction of sp³-hybridized carbons (Fsp3) is 0.263. The van der Waals surface area contributed by atoms with Gasteiger partial charge in [-0.2, -0.15) is 0 Å². The summed E-state index contributed by atoms with van der Waals surface area (Å²) in [7, 11) is 0.984. The molecule has 2 aromatic rings. The van der Waals surface area contributed by atoms with Gasteiger partial charge in [0.1, 0.15) is 0 Å². The zero-order valence-corrected chi connectivity index (χ0v) is 14.3. The molecule has 0 fully saturated rings. The Morgan fingerprint density at radius 3 is 2.08 bits per heavy atom. The van der Waals surface area contributed by atoms with Gasteiger partial charge in [-0.25, -0.2) is 13.6 Å². The minimum absolute atomic E-state index is 0.156. The number of hydrogen-bond donors (Lipinski definition) is 2. The van der Waals surface area contributed by atoms with Gasteiger partial charge in [0.05, 0.1) is 7.11 Å². The average molecular weight is 363 g/mol. The number of aliphatic hydroxyl groups is 1. The van der Waals surface area contributed by atoms with Crippen LogP contribution in [0.5, 0.6) is 0 Å². The molecule has 26 heavy (non-hydrogen) atoms. The van der Waals surface area contributed by atoms with Gasteiger partial charge < -0.3 is 15.2 Å². The molecule has 0 aromatic heterocycles. The van der Waals surface area contributed by atoms with E-state index >= 15 is 0 Å². The van der Waals surface area contributed by atoms with Crippen LogP contribution in [0, 0.1) is 0 Å². The maximum Gasteiger partial charge on any atom is 0.331 e. The van der Waals surface area contributed by atoms with Crippen LogP contribution in [0.1, 0.15) is 17.3 Å². The average Bonchev–Trinajstić information content (AvgIpc) is 2.65. The second-order valence-electron chi connectivity index (χ2n) is 5.90. The maximum absolute atomic E-state index is 13.0. The van der Waals surface area contributed by atoms with E-state index in [1.54, 1.807) is 12.1 Å². The van der Waals surface area contributed by atoms with Crippen molar-refractivity contribution < 1.29 is 28.2 Å². The van der Waals surface area contributed by atoms with Gasteiger partial charge in [0, 0.05) is 5.56 Å². The Bertz CT molecular complexity index is 761. The molecule has 0 bridgehead atoms. The van der Waals surface area contributed by atoms with Gasteiger partial charge >= 0.3 is 5.97 Å². The molecule has 2 atom stereocenters. The van der Waals surface area contributed by atoms with Gasteiger partial charge in [-0.3, -0.25) is 4.79 Å². The van der Waals surface area contributed by atoms with Crippen LogP contribution in [-0.2, 0) is 9.53 Å². The zero-order chi connectivity index (χ0) is 19.3. The number of methoxy groups -OCH3 is 1. The molecule has 5 nitrogen and oxygen atoms in total. The second-order valence-corrected chi connectivity index (χ2v) is 5.90. The Labute approximate surface area is 149 Å². The van der Waals surface area contributed by atoms with Crippen molar-refractivity contribution in [2.45, 2.75) is 25.0 Å². The standard InChI is InChI=1S/C19H19F2NO4/c1-19(25,18(20)21)15(17(24)26-2)22-16(23)14-10-8-13(9-11-14)12-6-4-3-5-7-12/h3-11,15,18,25H,1-2H3,(H,22,23)/t15-,19?/m1/s1. The van der Waals surface area contributed by atoms with Crippen LogP contribution in [0.4, 0.5) is 8.78 Å². The third-order valence-electron chi connectivity index (χ3n) is 3.99. The van der Waals surface area contributed by atoms with E-state index in [9.17, 15) is 23.5 Å². The first-order valence-corrected chi connectivity index (χ1v) is 7.82. The van der Waals surface area contributed by atoms with Crippen molar-refractivity contribution in [1.82, 2.24) is 5.32 Å². The molecule has 0 heterocycles. The Kier molecular flexibility index (Phi) is 6.05. The van der Waals surface area contributed by atoms with Crippen molar-refractivity contribution in [1.29, 1.82) is 0 Å². The third kappa shape index (κ3) is 4.23. The van der Waals surface area contributed by atoms with Crippen LogP contribution in [0.15, 0.2) is 54.6 Å². The van der Waals surface area contributed by atoms with Gasteiger partial charge in [-0.1, -0.05) is 42.5 Å². The Balaban J connectivity index is 2.20. The van der Waals surface area contributed by atoms with Crippen molar-refractivity contribution in [3.8, 4) is 11.1 Å². The Hall–Kier alpha value is -2.80. The molecule has 7 heteroatoms. The second kappa shape index (κ2) is 8.05. The smallest absolute Gasteiger partial charge is 0.331 e. The molecule has 0 aliphatic heterocycles. The van der Waals surface area contributed by atoms with E-state index in [4.69, 9.17) is 0 Å². The van der Waals surface area contributed by atoms with Crippen LogP contribution in [0.2, 0.25) is 0 Å². The molecule has 0 saturated heterocycles. The first-order chi connectivity index (χ1) is 12.3. The highest BCUT2D eigenvalue weighted by molar-refractivity contribution is 5.97. The molecule has 2 rings (SSSR count). The number of ether oxygens (including phenoxy) is 1. The first-order valence-electron chi connectivity index (χ1n) is 7.82. The van der Waals surface area contributed by atoms with Crippen LogP contribution < -0.4 is 5.32 Å². The topological polar surface area (TPSA) is 75.6 Å². The van der Waals surface area contributed by atoms with Crippen molar-refractivity contribution in [2.24, 2.45) is 0 Å². The van der Waals surface area contributed by atoms with Crippen LogP contribution >= 0.6 is 0 Å². The van der Waals surface area contributed by atoms with Crippen LogP contribution in [0.3, 0.4) is 0 Å². The highest BCUT2D eigenvalue weighted by Gasteiger charge is 2.46. The summed E-state index contributed by atoms with van der Waals surface area (Å²) >= 11 is 0. The van der Waals surface area contributed by atoms with Gasteiger partial charge in [-0.15, -0.1) is 0 Å². The summed E-state index contributed by atoms with van der Waals surface area (Å²) in [6, 6.07) is 13.9. The number of esters is 1. The van der Waals surface area contributed by atoms with Gasteiger partial charge in [0.2, 0.25) is 0 Å². The highest BCUT2D eigenvalue weighted by Crippen LogP contribution is 2.22. The number of rotatable bonds is 6. The summed E-state index contributed by atoms with van der Waals surface area (Å²) in [5.74, 6) is -1.94. The fourth-order valence-electron chi connectivity index (χ4n) is 2.35. The quantitative estimate of drug-likeness (QED) is 0.774. The molecule has 0 saturated carbocycles. The predicted octanol–water partition coefficient (Wildman–Crippen LogP) is 2.64. The Morgan fingerprint density at radius 1 is 1.04 bits per heavy atom. The lowest BCUT2D eigenvalue weighted by atomic mass is 9.96.